The Morgan fingerprint density at radius 3 is 2.40 bits per heavy atom. The van der Waals surface area contributed by atoms with E-state index in [0.717, 1.165) is 0 Å². The highest BCUT2D eigenvalue weighted by atomic mass is 32.2. The van der Waals surface area contributed by atoms with Crippen LogP contribution in [0.25, 0.3) is 0 Å². The van der Waals surface area contributed by atoms with Gasteiger partial charge in [-0.05, 0) is 33.1 Å². The Morgan fingerprint density at radius 1 is 1.40 bits per heavy atom. The number of nitrogens with one attached hydrogen (secondary N) is 1. The fraction of sp³-hybridized carbons (Fsp3) is 0.889. The van der Waals surface area contributed by atoms with E-state index in [1.807, 2.05) is 0 Å². The molecule has 15 heavy (non-hydrogen) atoms. The second-order valence-corrected chi connectivity index (χ2v) is 6.53. The third kappa shape index (κ3) is 3.17. The molecule has 6 heteroatoms. The molecule has 0 aromatic rings. The van der Waals surface area contributed by atoms with E-state index in [0.29, 0.717) is 19.3 Å². The molecule has 0 aliphatic heterocycles. The van der Waals surface area contributed by atoms with E-state index in [-0.39, 0.29) is 6.04 Å². The van der Waals surface area contributed by atoms with Gasteiger partial charge in [-0.1, -0.05) is 0 Å². The molecule has 5 nitrogen and oxygen atoms in total. The molecule has 1 aliphatic rings. The smallest absolute Gasteiger partial charge is 0.306 e. The van der Waals surface area contributed by atoms with Crippen molar-refractivity contribution in [1.29, 1.82) is 0 Å². The quantitative estimate of drug-likeness (QED) is 0.746. The number of carboxylic acid groups (broad SMARTS) is 1. The fourth-order valence-corrected chi connectivity index (χ4v) is 2.63. The highest BCUT2D eigenvalue weighted by Crippen LogP contribution is 2.26. The van der Waals surface area contributed by atoms with Crippen molar-refractivity contribution in [3.8, 4) is 0 Å². The van der Waals surface area contributed by atoms with E-state index < -0.39 is 27.2 Å². The number of carbonyl (C=O) groups is 1. The minimum atomic E-state index is -3.27. The molecule has 0 unspecified atom stereocenters. The average Bonchev–Trinajstić information content (AvgIpc) is 2.51. The topological polar surface area (TPSA) is 83.5 Å². The van der Waals surface area contributed by atoms with Gasteiger partial charge in [0.15, 0.2) is 0 Å². The van der Waals surface area contributed by atoms with Crippen LogP contribution in [-0.4, -0.2) is 30.8 Å². The molecule has 1 saturated carbocycles. The molecular formula is C9H17NO4S. The van der Waals surface area contributed by atoms with Gasteiger partial charge < -0.3 is 5.11 Å². The largest absolute Gasteiger partial charge is 0.481 e. The number of carboxylic acids is 1. The predicted octanol–water partition coefficient (Wildman–Crippen LogP) is 0.567. The van der Waals surface area contributed by atoms with Gasteiger partial charge >= 0.3 is 5.97 Å². The maximum absolute atomic E-state index is 11.5. The van der Waals surface area contributed by atoms with Gasteiger partial charge in [0.25, 0.3) is 0 Å². The Hall–Kier alpha value is -0.620. The van der Waals surface area contributed by atoms with E-state index in [4.69, 9.17) is 5.11 Å². The lowest BCUT2D eigenvalue weighted by atomic mass is 10.1. The molecule has 1 fully saturated rings. The summed E-state index contributed by atoms with van der Waals surface area (Å²) in [6.45, 7) is 3.21. The monoisotopic (exact) mass is 235 g/mol. The van der Waals surface area contributed by atoms with E-state index in [9.17, 15) is 13.2 Å². The number of sulfonamides is 1. The van der Waals surface area contributed by atoms with E-state index in [2.05, 4.69) is 4.72 Å². The number of hydrogen-bond donors (Lipinski definition) is 2. The van der Waals surface area contributed by atoms with E-state index >= 15 is 0 Å². The van der Waals surface area contributed by atoms with Crippen molar-refractivity contribution in [1.82, 2.24) is 4.72 Å². The lowest BCUT2D eigenvalue weighted by molar-refractivity contribution is -0.141. The number of aliphatic carboxylic acids is 1. The van der Waals surface area contributed by atoms with Crippen molar-refractivity contribution >= 4 is 16.0 Å². The number of hydrogen-bond acceptors (Lipinski definition) is 3. The molecule has 0 amide bonds. The van der Waals surface area contributed by atoms with Gasteiger partial charge in [-0.25, -0.2) is 13.1 Å². The third-order valence-corrected chi connectivity index (χ3v) is 4.64. The van der Waals surface area contributed by atoms with Gasteiger partial charge in [0.1, 0.15) is 0 Å². The van der Waals surface area contributed by atoms with Gasteiger partial charge in [-0.15, -0.1) is 0 Å². The zero-order valence-corrected chi connectivity index (χ0v) is 9.75. The Morgan fingerprint density at radius 2 is 2.00 bits per heavy atom. The average molecular weight is 235 g/mol. The van der Waals surface area contributed by atoms with Crippen LogP contribution in [0.5, 0.6) is 0 Å². The first-order valence-corrected chi connectivity index (χ1v) is 6.61. The first-order valence-electron chi connectivity index (χ1n) is 5.07. The van der Waals surface area contributed by atoms with Crippen LogP contribution in [0.3, 0.4) is 0 Å². The molecule has 0 radical (unpaired) electrons. The zero-order valence-electron chi connectivity index (χ0n) is 8.93. The molecular weight excluding hydrogens is 218 g/mol. The molecule has 0 saturated heterocycles. The van der Waals surface area contributed by atoms with Crippen molar-refractivity contribution in [2.75, 3.05) is 0 Å². The summed E-state index contributed by atoms with van der Waals surface area (Å²) in [6, 6.07) is -0.210. The van der Waals surface area contributed by atoms with Gasteiger partial charge in [0.2, 0.25) is 10.0 Å². The molecule has 0 spiro atoms. The molecule has 0 heterocycles. The maximum Gasteiger partial charge on any atom is 0.306 e. The van der Waals surface area contributed by atoms with Crippen LogP contribution >= 0.6 is 0 Å². The summed E-state index contributed by atoms with van der Waals surface area (Å²) >= 11 is 0. The van der Waals surface area contributed by atoms with Gasteiger partial charge in [0, 0.05) is 6.04 Å². The van der Waals surface area contributed by atoms with Crippen molar-refractivity contribution in [2.45, 2.75) is 44.4 Å². The minimum Gasteiger partial charge on any atom is -0.481 e. The van der Waals surface area contributed by atoms with Crippen LogP contribution in [-0.2, 0) is 14.8 Å². The van der Waals surface area contributed by atoms with Crippen LogP contribution in [0.15, 0.2) is 0 Å². The Balaban J connectivity index is 2.53. The van der Waals surface area contributed by atoms with Crippen LogP contribution in [0.2, 0.25) is 0 Å². The Labute approximate surface area is 89.9 Å². The summed E-state index contributed by atoms with van der Waals surface area (Å²) < 4.78 is 25.6. The first kappa shape index (κ1) is 12.4. The van der Waals surface area contributed by atoms with Crippen molar-refractivity contribution in [3.05, 3.63) is 0 Å². The third-order valence-electron chi connectivity index (χ3n) is 2.73. The number of rotatable bonds is 4. The van der Waals surface area contributed by atoms with E-state index in [1.54, 1.807) is 13.8 Å². The lowest BCUT2D eigenvalue weighted by Crippen LogP contribution is -2.37. The Bertz CT molecular complexity index is 336. The molecule has 0 bridgehead atoms. The standard InChI is InChI=1S/C9H17NO4S/c1-6(2)15(13,14)10-8-4-3-7(5-8)9(11)12/h6-8,10H,3-5H2,1-2H3,(H,11,12)/t7-,8+/m1/s1. The molecule has 1 aliphatic carbocycles. The summed E-state index contributed by atoms with van der Waals surface area (Å²) in [5, 5.41) is 8.29. The second-order valence-electron chi connectivity index (χ2n) is 4.26. The summed E-state index contributed by atoms with van der Waals surface area (Å²) in [6.07, 6.45) is 1.57. The second kappa shape index (κ2) is 4.49. The molecule has 0 aromatic carbocycles. The molecule has 2 N–H and O–H groups in total. The zero-order chi connectivity index (χ0) is 11.6. The van der Waals surface area contributed by atoms with Gasteiger partial charge in [0.05, 0.1) is 11.2 Å². The first-order chi connectivity index (χ1) is 6.83. The molecule has 2 atom stereocenters. The fourth-order valence-electron chi connectivity index (χ4n) is 1.68. The van der Waals surface area contributed by atoms with E-state index in [1.165, 1.54) is 0 Å². The summed E-state index contributed by atoms with van der Waals surface area (Å²) in [5.74, 6) is -1.23. The van der Waals surface area contributed by atoms with Crippen molar-refractivity contribution in [2.24, 2.45) is 5.92 Å². The van der Waals surface area contributed by atoms with Crippen LogP contribution in [0.1, 0.15) is 33.1 Å². The molecule has 88 valence electrons. The SMILES string of the molecule is CC(C)S(=O)(=O)N[C@H]1CC[C@@H](C(=O)O)C1. The van der Waals surface area contributed by atoms with Crippen LogP contribution in [0, 0.1) is 5.92 Å². The molecule has 1 rings (SSSR count). The van der Waals surface area contributed by atoms with Gasteiger partial charge in [-0.3, -0.25) is 4.79 Å². The predicted molar refractivity (Wildman–Crippen MR) is 56.0 cm³/mol. The summed E-state index contributed by atoms with van der Waals surface area (Å²) in [4.78, 5) is 10.7. The highest BCUT2D eigenvalue weighted by Gasteiger charge is 2.32. The summed E-state index contributed by atoms with van der Waals surface area (Å²) in [5.41, 5.74) is 0. The Kier molecular flexibility index (Phi) is 3.72. The summed E-state index contributed by atoms with van der Waals surface area (Å²) in [7, 11) is -3.27. The maximum atomic E-state index is 11.5. The highest BCUT2D eigenvalue weighted by molar-refractivity contribution is 7.90. The van der Waals surface area contributed by atoms with Gasteiger partial charge in [-0.2, -0.15) is 0 Å². The lowest BCUT2D eigenvalue weighted by Gasteiger charge is -2.14. The van der Waals surface area contributed by atoms with Crippen LogP contribution < -0.4 is 4.72 Å². The van der Waals surface area contributed by atoms with Crippen molar-refractivity contribution in [3.63, 3.8) is 0 Å². The molecule has 0 aromatic heterocycles. The minimum absolute atomic E-state index is 0.210. The normalized spacial score (nSPS) is 27.1. The van der Waals surface area contributed by atoms with Crippen LogP contribution in [0.4, 0.5) is 0 Å². The van der Waals surface area contributed by atoms with Crippen molar-refractivity contribution < 1.29 is 18.3 Å².